The van der Waals surface area contributed by atoms with Crippen molar-refractivity contribution >= 4 is 0 Å². The summed E-state index contributed by atoms with van der Waals surface area (Å²) in [6.07, 6.45) is 3.10. The number of phenolic OH excluding ortho intramolecular Hbond substituents is 1. The van der Waals surface area contributed by atoms with Gasteiger partial charge in [-0.05, 0) is 66.3 Å². The monoisotopic (exact) mass is 339 g/mol. The quantitative estimate of drug-likeness (QED) is 0.916. The van der Waals surface area contributed by atoms with Crippen LogP contribution in [0.2, 0.25) is 0 Å². The third-order valence-corrected chi connectivity index (χ3v) is 5.56. The van der Waals surface area contributed by atoms with Gasteiger partial charge < -0.3 is 14.6 Å². The highest BCUT2D eigenvalue weighted by Crippen LogP contribution is 2.51. The number of nitrogens with zero attached hydrogens (tertiary/aromatic N) is 1. The van der Waals surface area contributed by atoms with E-state index in [-0.39, 0.29) is 5.75 Å². The van der Waals surface area contributed by atoms with Crippen LogP contribution in [0.15, 0.2) is 24.3 Å². The number of rotatable bonds is 4. The van der Waals surface area contributed by atoms with Gasteiger partial charge in [-0.2, -0.15) is 0 Å². The molecule has 0 amide bonds. The van der Waals surface area contributed by atoms with E-state index < -0.39 is 0 Å². The summed E-state index contributed by atoms with van der Waals surface area (Å²) < 4.78 is 10.9. The molecule has 4 rings (SSSR count). The molecule has 0 aromatic heterocycles. The fourth-order valence-electron chi connectivity index (χ4n) is 4.46. The molecule has 25 heavy (non-hydrogen) atoms. The second-order valence-corrected chi connectivity index (χ2v) is 6.90. The largest absolute Gasteiger partial charge is 0.504 e. The maximum Gasteiger partial charge on any atom is 0.165 e. The summed E-state index contributed by atoms with van der Waals surface area (Å²) in [6.45, 7) is 4.42. The normalized spacial score (nSPS) is 18.4. The first-order valence-electron chi connectivity index (χ1n) is 9.02. The van der Waals surface area contributed by atoms with Gasteiger partial charge in [0.05, 0.1) is 14.2 Å². The van der Waals surface area contributed by atoms with Crippen molar-refractivity contribution in [3.8, 4) is 28.4 Å². The lowest BCUT2D eigenvalue weighted by Crippen LogP contribution is -2.38. The van der Waals surface area contributed by atoms with Gasteiger partial charge in [0.25, 0.3) is 0 Å². The highest BCUT2D eigenvalue weighted by Gasteiger charge is 2.36. The Bertz CT molecular complexity index is 815. The highest BCUT2D eigenvalue weighted by molar-refractivity contribution is 5.83. The molecule has 0 saturated heterocycles. The van der Waals surface area contributed by atoms with Gasteiger partial charge in [0.2, 0.25) is 0 Å². The average Bonchev–Trinajstić information content (AvgIpc) is 2.63. The van der Waals surface area contributed by atoms with Crippen molar-refractivity contribution in [2.75, 3.05) is 27.3 Å². The van der Waals surface area contributed by atoms with E-state index in [2.05, 4.69) is 30.0 Å². The minimum atomic E-state index is 0.238. The molecule has 1 atom stereocenters. The van der Waals surface area contributed by atoms with E-state index in [1.165, 1.54) is 16.7 Å². The molecule has 1 aliphatic carbocycles. The Morgan fingerprint density at radius 1 is 1.16 bits per heavy atom. The van der Waals surface area contributed by atoms with Crippen LogP contribution in [0.3, 0.4) is 0 Å². The molecule has 0 bridgehead atoms. The number of hydrogen-bond donors (Lipinski definition) is 1. The predicted molar refractivity (Wildman–Crippen MR) is 98.7 cm³/mol. The van der Waals surface area contributed by atoms with Crippen LogP contribution in [0, 0.1) is 0 Å². The van der Waals surface area contributed by atoms with E-state index in [1.807, 2.05) is 6.07 Å². The number of phenols is 1. The molecule has 132 valence electrons. The summed E-state index contributed by atoms with van der Waals surface area (Å²) in [6, 6.07) is 8.57. The summed E-state index contributed by atoms with van der Waals surface area (Å²) in [5.74, 6) is 1.61. The Kier molecular flexibility index (Phi) is 4.08. The Morgan fingerprint density at radius 3 is 2.72 bits per heavy atom. The first kappa shape index (κ1) is 16.3. The number of hydrogen-bond acceptors (Lipinski definition) is 4. The summed E-state index contributed by atoms with van der Waals surface area (Å²) in [7, 11) is 3.30. The molecule has 2 aliphatic rings. The lowest BCUT2D eigenvalue weighted by molar-refractivity contribution is 0.182. The van der Waals surface area contributed by atoms with Gasteiger partial charge in [-0.25, -0.2) is 0 Å². The molecular weight excluding hydrogens is 314 g/mol. The third-order valence-electron chi connectivity index (χ3n) is 5.56. The number of ether oxygens (including phenoxy) is 2. The van der Waals surface area contributed by atoms with Crippen molar-refractivity contribution in [2.24, 2.45) is 0 Å². The van der Waals surface area contributed by atoms with Gasteiger partial charge in [-0.3, -0.25) is 4.90 Å². The van der Waals surface area contributed by atoms with Gasteiger partial charge in [0, 0.05) is 18.2 Å². The van der Waals surface area contributed by atoms with Crippen molar-refractivity contribution in [3.63, 3.8) is 0 Å². The molecule has 1 aliphatic heterocycles. The van der Waals surface area contributed by atoms with Crippen molar-refractivity contribution in [3.05, 3.63) is 41.0 Å². The van der Waals surface area contributed by atoms with Crippen LogP contribution in [-0.4, -0.2) is 37.3 Å². The maximum atomic E-state index is 10.8. The summed E-state index contributed by atoms with van der Waals surface area (Å²) in [5.41, 5.74) is 5.89. The molecule has 0 spiro atoms. The minimum Gasteiger partial charge on any atom is -0.504 e. The number of benzene rings is 2. The zero-order valence-electron chi connectivity index (χ0n) is 15.1. The standard InChI is InChI=1S/C21H25NO3/c1-4-8-22-9-7-14-10-15(24-2)12-16-19(14)17(22)11-13-5-6-18(25-3)21(23)20(13)16/h5-6,10,12,17,23H,4,7-9,11H2,1-3H3/t17-/m1/s1. The maximum absolute atomic E-state index is 10.8. The average molecular weight is 339 g/mol. The van der Waals surface area contributed by atoms with E-state index in [9.17, 15) is 5.11 Å². The first-order chi connectivity index (χ1) is 12.2. The van der Waals surface area contributed by atoms with Crippen molar-refractivity contribution in [2.45, 2.75) is 32.2 Å². The molecule has 0 saturated carbocycles. The predicted octanol–water partition coefficient (Wildman–Crippen LogP) is 3.94. The van der Waals surface area contributed by atoms with E-state index >= 15 is 0 Å². The van der Waals surface area contributed by atoms with E-state index in [1.54, 1.807) is 14.2 Å². The third kappa shape index (κ3) is 2.47. The number of fused-ring (bicyclic) bond motifs is 2. The Balaban J connectivity index is 1.97. The molecule has 0 radical (unpaired) electrons. The van der Waals surface area contributed by atoms with Crippen LogP contribution < -0.4 is 9.47 Å². The van der Waals surface area contributed by atoms with E-state index in [0.29, 0.717) is 11.8 Å². The molecule has 4 nitrogen and oxygen atoms in total. The van der Waals surface area contributed by atoms with Crippen LogP contribution in [-0.2, 0) is 12.8 Å². The molecule has 1 N–H and O–H groups in total. The lowest BCUT2D eigenvalue weighted by atomic mass is 9.76. The van der Waals surface area contributed by atoms with Gasteiger partial charge in [-0.1, -0.05) is 13.0 Å². The topological polar surface area (TPSA) is 41.9 Å². The SMILES string of the molecule is CCCN1CCc2cc(OC)cc3c2[C@H]1Cc1ccc(OC)c(O)c1-3. The van der Waals surface area contributed by atoms with Crippen LogP contribution >= 0.6 is 0 Å². The van der Waals surface area contributed by atoms with Gasteiger partial charge in [0.15, 0.2) is 11.5 Å². The Hall–Kier alpha value is -2.20. The van der Waals surface area contributed by atoms with Crippen LogP contribution in [0.4, 0.5) is 0 Å². The fraction of sp³-hybridized carbons (Fsp3) is 0.429. The summed E-state index contributed by atoms with van der Waals surface area (Å²) in [4.78, 5) is 2.59. The van der Waals surface area contributed by atoms with E-state index in [0.717, 1.165) is 49.2 Å². The number of aromatic hydroxyl groups is 1. The molecular formula is C21H25NO3. The lowest BCUT2D eigenvalue weighted by Gasteiger charge is -2.42. The smallest absolute Gasteiger partial charge is 0.165 e. The number of methoxy groups -OCH3 is 2. The minimum absolute atomic E-state index is 0.238. The molecule has 2 aromatic rings. The summed E-state index contributed by atoms with van der Waals surface area (Å²) >= 11 is 0. The van der Waals surface area contributed by atoms with Crippen LogP contribution in [0.5, 0.6) is 17.2 Å². The second-order valence-electron chi connectivity index (χ2n) is 6.90. The van der Waals surface area contributed by atoms with E-state index in [4.69, 9.17) is 9.47 Å². The fourth-order valence-corrected chi connectivity index (χ4v) is 4.46. The highest BCUT2D eigenvalue weighted by atomic mass is 16.5. The van der Waals surface area contributed by atoms with Crippen molar-refractivity contribution < 1.29 is 14.6 Å². The van der Waals surface area contributed by atoms with Crippen molar-refractivity contribution in [1.82, 2.24) is 4.90 Å². The molecule has 1 heterocycles. The van der Waals surface area contributed by atoms with Crippen molar-refractivity contribution in [1.29, 1.82) is 0 Å². The zero-order chi connectivity index (χ0) is 17.6. The van der Waals surface area contributed by atoms with Gasteiger partial charge in [0.1, 0.15) is 5.75 Å². The molecule has 0 unspecified atom stereocenters. The molecule has 0 fully saturated rings. The van der Waals surface area contributed by atoms with Gasteiger partial charge >= 0.3 is 0 Å². The Morgan fingerprint density at radius 2 is 2.00 bits per heavy atom. The Labute approximate surface area is 149 Å². The first-order valence-corrected chi connectivity index (χ1v) is 9.02. The molecule has 2 aromatic carbocycles. The van der Waals surface area contributed by atoms with Crippen LogP contribution in [0.1, 0.15) is 36.1 Å². The van der Waals surface area contributed by atoms with Gasteiger partial charge in [-0.15, -0.1) is 0 Å². The zero-order valence-corrected chi connectivity index (χ0v) is 15.1. The molecule has 4 heteroatoms. The summed E-state index contributed by atoms with van der Waals surface area (Å²) in [5, 5.41) is 10.8. The van der Waals surface area contributed by atoms with Crippen LogP contribution in [0.25, 0.3) is 11.1 Å². The second kappa shape index (κ2) is 6.26.